The van der Waals surface area contributed by atoms with Gasteiger partial charge >= 0.3 is 0 Å². The van der Waals surface area contributed by atoms with Gasteiger partial charge in [-0.2, -0.15) is 0 Å². The maximum absolute atomic E-state index is 12.9. The average molecular weight is 316 g/mol. The topological polar surface area (TPSA) is 23.6 Å². The minimum Gasteiger partial charge on any atom is -0.342 e. The van der Waals surface area contributed by atoms with E-state index in [0.717, 1.165) is 64.8 Å². The Bertz CT molecular complexity index is 452. The number of rotatable bonds is 9. The lowest BCUT2D eigenvalue weighted by atomic mass is 10.1. The van der Waals surface area contributed by atoms with Crippen LogP contribution in [0.1, 0.15) is 51.5 Å². The first-order valence-electron chi connectivity index (χ1n) is 9.29. The fourth-order valence-electron chi connectivity index (χ4n) is 3.31. The van der Waals surface area contributed by atoms with Crippen molar-refractivity contribution in [2.45, 2.75) is 52.5 Å². The first-order chi connectivity index (χ1) is 11.2. The first kappa shape index (κ1) is 18.0. The molecule has 1 fully saturated rings. The van der Waals surface area contributed by atoms with Gasteiger partial charge in [-0.3, -0.25) is 9.69 Å². The van der Waals surface area contributed by atoms with Crippen LogP contribution in [0.4, 0.5) is 0 Å². The van der Waals surface area contributed by atoms with Gasteiger partial charge in [0.25, 0.3) is 0 Å². The fourth-order valence-corrected chi connectivity index (χ4v) is 3.31. The molecule has 0 aromatic heterocycles. The van der Waals surface area contributed by atoms with Crippen LogP contribution in [0.15, 0.2) is 30.3 Å². The van der Waals surface area contributed by atoms with Gasteiger partial charge < -0.3 is 4.90 Å². The third-order valence-corrected chi connectivity index (χ3v) is 4.75. The largest absolute Gasteiger partial charge is 0.342 e. The molecular formula is C20H32N2O. The Kier molecular flexibility index (Phi) is 7.60. The summed E-state index contributed by atoms with van der Waals surface area (Å²) in [5.41, 5.74) is 1.34. The number of amides is 1. The van der Waals surface area contributed by atoms with Crippen LogP contribution in [0.2, 0.25) is 0 Å². The van der Waals surface area contributed by atoms with Crippen LogP contribution >= 0.6 is 0 Å². The molecule has 0 bridgehead atoms. The molecule has 1 atom stereocenters. The molecule has 0 radical (unpaired) electrons. The Morgan fingerprint density at radius 1 is 1.13 bits per heavy atom. The van der Waals surface area contributed by atoms with Crippen molar-refractivity contribution in [2.75, 3.05) is 26.2 Å². The standard InChI is InChI=1S/C20H32N2O/c1-3-5-13-22(14-6-4-2)20(23)19-12-15-21(17-19)16-18-10-8-7-9-11-18/h7-11,19H,3-6,12-17H2,1-2H3. The van der Waals surface area contributed by atoms with Gasteiger partial charge in [0.2, 0.25) is 5.91 Å². The summed E-state index contributed by atoms with van der Waals surface area (Å²) in [6.45, 7) is 9.19. The molecule has 0 saturated carbocycles. The zero-order valence-electron chi connectivity index (χ0n) is 14.8. The molecule has 23 heavy (non-hydrogen) atoms. The number of likely N-dealkylation sites (tertiary alicyclic amines) is 1. The summed E-state index contributed by atoms with van der Waals surface area (Å²) in [4.78, 5) is 17.4. The summed E-state index contributed by atoms with van der Waals surface area (Å²) >= 11 is 0. The van der Waals surface area contributed by atoms with E-state index in [1.54, 1.807) is 0 Å². The fraction of sp³-hybridized carbons (Fsp3) is 0.650. The molecule has 1 aromatic rings. The van der Waals surface area contributed by atoms with Gasteiger partial charge in [0.05, 0.1) is 5.92 Å². The van der Waals surface area contributed by atoms with Crippen LogP contribution < -0.4 is 0 Å². The zero-order valence-corrected chi connectivity index (χ0v) is 14.8. The minimum absolute atomic E-state index is 0.201. The number of carbonyl (C=O) groups is 1. The molecule has 3 heteroatoms. The average Bonchev–Trinajstić information content (AvgIpc) is 3.04. The van der Waals surface area contributed by atoms with Crippen molar-refractivity contribution in [1.82, 2.24) is 9.80 Å². The highest BCUT2D eigenvalue weighted by atomic mass is 16.2. The number of nitrogens with zero attached hydrogens (tertiary/aromatic N) is 2. The smallest absolute Gasteiger partial charge is 0.227 e. The molecule has 128 valence electrons. The summed E-state index contributed by atoms with van der Waals surface area (Å²) in [6, 6.07) is 10.6. The Balaban J connectivity index is 1.86. The van der Waals surface area contributed by atoms with Crippen LogP contribution in [-0.2, 0) is 11.3 Å². The molecule has 1 aromatic carbocycles. The van der Waals surface area contributed by atoms with Crippen LogP contribution in [0, 0.1) is 5.92 Å². The van der Waals surface area contributed by atoms with Crippen molar-refractivity contribution in [3.05, 3.63) is 35.9 Å². The lowest BCUT2D eigenvalue weighted by molar-refractivity contribution is -0.135. The van der Waals surface area contributed by atoms with Crippen LogP contribution in [0.3, 0.4) is 0 Å². The van der Waals surface area contributed by atoms with Gasteiger partial charge in [-0.05, 0) is 31.4 Å². The number of carbonyl (C=O) groups excluding carboxylic acids is 1. The molecule has 0 aliphatic carbocycles. The molecule has 1 aliphatic rings. The van der Waals surface area contributed by atoms with Crippen molar-refractivity contribution < 1.29 is 4.79 Å². The van der Waals surface area contributed by atoms with E-state index in [2.05, 4.69) is 54.0 Å². The van der Waals surface area contributed by atoms with Crippen molar-refractivity contribution in [3.8, 4) is 0 Å². The van der Waals surface area contributed by atoms with Crippen LogP contribution in [0.5, 0.6) is 0 Å². The van der Waals surface area contributed by atoms with Crippen molar-refractivity contribution in [1.29, 1.82) is 0 Å². The summed E-state index contributed by atoms with van der Waals surface area (Å²) in [7, 11) is 0. The van der Waals surface area contributed by atoms with Crippen LogP contribution in [-0.4, -0.2) is 41.9 Å². The quantitative estimate of drug-likeness (QED) is 0.689. The van der Waals surface area contributed by atoms with Crippen molar-refractivity contribution in [2.24, 2.45) is 5.92 Å². The first-order valence-corrected chi connectivity index (χ1v) is 9.29. The van der Waals surface area contributed by atoms with E-state index >= 15 is 0 Å². The second-order valence-electron chi connectivity index (χ2n) is 6.74. The maximum atomic E-state index is 12.9. The summed E-state index contributed by atoms with van der Waals surface area (Å²) in [6.07, 6.45) is 5.56. The zero-order chi connectivity index (χ0) is 16.5. The predicted octanol–water partition coefficient (Wildman–Crippen LogP) is 3.94. The molecule has 2 rings (SSSR count). The highest BCUT2D eigenvalue weighted by Crippen LogP contribution is 2.21. The van der Waals surface area contributed by atoms with E-state index < -0.39 is 0 Å². The van der Waals surface area contributed by atoms with E-state index in [9.17, 15) is 4.79 Å². The van der Waals surface area contributed by atoms with E-state index in [1.165, 1.54) is 5.56 Å². The molecule has 0 spiro atoms. The third-order valence-electron chi connectivity index (χ3n) is 4.75. The molecule has 1 aliphatic heterocycles. The van der Waals surface area contributed by atoms with Gasteiger partial charge in [0.1, 0.15) is 0 Å². The van der Waals surface area contributed by atoms with E-state index in [0.29, 0.717) is 5.91 Å². The Hall–Kier alpha value is -1.35. The second kappa shape index (κ2) is 9.71. The Labute approximate surface area is 141 Å². The van der Waals surface area contributed by atoms with Crippen molar-refractivity contribution >= 4 is 5.91 Å². The number of hydrogen-bond acceptors (Lipinski definition) is 2. The molecular weight excluding hydrogens is 284 g/mol. The Morgan fingerprint density at radius 3 is 2.39 bits per heavy atom. The predicted molar refractivity (Wildman–Crippen MR) is 96.2 cm³/mol. The van der Waals surface area contributed by atoms with Gasteiger partial charge in [-0.15, -0.1) is 0 Å². The maximum Gasteiger partial charge on any atom is 0.227 e. The molecule has 1 amide bonds. The molecule has 0 N–H and O–H groups in total. The van der Waals surface area contributed by atoms with Gasteiger partial charge in [-0.25, -0.2) is 0 Å². The third kappa shape index (κ3) is 5.65. The molecule has 1 saturated heterocycles. The summed E-state index contributed by atoms with van der Waals surface area (Å²) in [5.74, 6) is 0.592. The van der Waals surface area contributed by atoms with Crippen LogP contribution in [0.25, 0.3) is 0 Å². The van der Waals surface area contributed by atoms with Crippen molar-refractivity contribution in [3.63, 3.8) is 0 Å². The van der Waals surface area contributed by atoms with Gasteiger partial charge in [0.15, 0.2) is 0 Å². The van der Waals surface area contributed by atoms with E-state index in [-0.39, 0.29) is 5.92 Å². The van der Waals surface area contributed by atoms with Gasteiger partial charge in [-0.1, -0.05) is 57.0 Å². The van der Waals surface area contributed by atoms with E-state index in [4.69, 9.17) is 0 Å². The van der Waals surface area contributed by atoms with E-state index in [1.807, 2.05) is 0 Å². The highest BCUT2D eigenvalue weighted by molar-refractivity contribution is 5.79. The number of benzene rings is 1. The Morgan fingerprint density at radius 2 is 1.78 bits per heavy atom. The summed E-state index contributed by atoms with van der Waals surface area (Å²) in [5, 5.41) is 0. The molecule has 1 heterocycles. The lowest BCUT2D eigenvalue weighted by Gasteiger charge is -2.26. The normalized spacial score (nSPS) is 18.3. The summed E-state index contributed by atoms with van der Waals surface area (Å²) < 4.78 is 0. The lowest BCUT2D eigenvalue weighted by Crippen LogP contribution is -2.38. The van der Waals surface area contributed by atoms with Gasteiger partial charge in [0, 0.05) is 26.2 Å². The number of unbranched alkanes of at least 4 members (excludes halogenated alkanes) is 2. The minimum atomic E-state index is 0.201. The highest BCUT2D eigenvalue weighted by Gasteiger charge is 2.30. The molecule has 3 nitrogen and oxygen atoms in total. The second-order valence-corrected chi connectivity index (χ2v) is 6.74. The number of hydrogen-bond donors (Lipinski definition) is 0. The SMILES string of the molecule is CCCCN(CCCC)C(=O)C1CCN(Cc2ccccc2)C1. The monoisotopic (exact) mass is 316 g/mol. The molecule has 1 unspecified atom stereocenters.